The molecule has 0 amide bonds. The SMILES string of the molecule is CC(C)NC(COCc1ccccc1)COc1ccccc1. The molecular formula is C19H25NO2. The fourth-order valence-electron chi connectivity index (χ4n) is 2.22. The van der Waals surface area contributed by atoms with E-state index in [4.69, 9.17) is 9.47 Å². The van der Waals surface area contributed by atoms with Crippen molar-refractivity contribution in [2.75, 3.05) is 13.2 Å². The smallest absolute Gasteiger partial charge is 0.119 e. The maximum atomic E-state index is 5.83. The highest BCUT2D eigenvalue weighted by atomic mass is 16.5. The van der Waals surface area contributed by atoms with E-state index in [1.165, 1.54) is 5.56 Å². The molecule has 0 spiro atoms. The van der Waals surface area contributed by atoms with Gasteiger partial charge in [-0.05, 0) is 17.7 Å². The number of ether oxygens (including phenoxy) is 2. The van der Waals surface area contributed by atoms with Crippen LogP contribution in [0.1, 0.15) is 19.4 Å². The second-order valence-electron chi connectivity index (χ2n) is 5.64. The Balaban J connectivity index is 1.78. The van der Waals surface area contributed by atoms with Crippen LogP contribution in [0.3, 0.4) is 0 Å². The topological polar surface area (TPSA) is 30.5 Å². The average molecular weight is 299 g/mol. The summed E-state index contributed by atoms with van der Waals surface area (Å²) in [7, 11) is 0. The van der Waals surface area contributed by atoms with Gasteiger partial charge in [0.2, 0.25) is 0 Å². The number of benzene rings is 2. The van der Waals surface area contributed by atoms with E-state index < -0.39 is 0 Å². The fourth-order valence-corrected chi connectivity index (χ4v) is 2.22. The summed E-state index contributed by atoms with van der Waals surface area (Å²) < 4.78 is 11.7. The summed E-state index contributed by atoms with van der Waals surface area (Å²) in [4.78, 5) is 0. The first-order valence-corrected chi connectivity index (χ1v) is 7.79. The molecule has 1 atom stereocenters. The maximum absolute atomic E-state index is 5.83. The molecule has 0 aliphatic heterocycles. The highest BCUT2D eigenvalue weighted by Crippen LogP contribution is 2.09. The van der Waals surface area contributed by atoms with Crippen LogP contribution in [0.5, 0.6) is 5.75 Å². The van der Waals surface area contributed by atoms with Crippen LogP contribution < -0.4 is 10.1 Å². The van der Waals surface area contributed by atoms with Gasteiger partial charge in [-0.15, -0.1) is 0 Å². The third-order valence-corrected chi connectivity index (χ3v) is 3.19. The van der Waals surface area contributed by atoms with Gasteiger partial charge in [0.15, 0.2) is 0 Å². The molecule has 3 nitrogen and oxygen atoms in total. The Morgan fingerprint density at radius 2 is 1.50 bits per heavy atom. The lowest BCUT2D eigenvalue weighted by atomic mass is 10.2. The number of nitrogens with one attached hydrogen (secondary N) is 1. The molecule has 118 valence electrons. The second kappa shape index (κ2) is 9.23. The van der Waals surface area contributed by atoms with Crippen LogP contribution in [0.25, 0.3) is 0 Å². The Morgan fingerprint density at radius 3 is 2.14 bits per heavy atom. The van der Waals surface area contributed by atoms with E-state index in [-0.39, 0.29) is 6.04 Å². The Morgan fingerprint density at radius 1 is 0.864 bits per heavy atom. The van der Waals surface area contributed by atoms with Crippen LogP contribution in [0.2, 0.25) is 0 Å². The largest absolute Gasteiger partial charge is 0.492 e. The van der Waals surface area contributed by atoms with Gasteiger partial charge in [0.25, 0.3) is 0 Å². The van der Waals surface area contributed by atoms with Crippen molar-refractivity contribution >= 4 is 0 Å². The summed E-state index contributed by atoms with van der Waals surface area (Å²) in [6.45, 7) is 6.11. The molecule has 3 heteroatoms. The van der Waals surface area contributed by atoms with Gasteiger partial charge in [0.05, 0.1) is 19.3 Å². The van der Waals surface area contributed by atoms with E-state index in [0.717, 1.165) is 5.75 Å². The van der Waals surface area contributed by atoms with Crippen molar-refractivity contribution in [3.8, 4) is 5.75 Å². The van der Waals surface area contributed by atoms with Gasteiger partial charge in [-0.2, -0.15) is 0 Å². The molecule has 2 aromatic carbocycles. The highest BCUT2D eigenvalue weighted by Gasteiger charge is 2.11. The van der Waals surface area contributed by atoms with Crippen molar-refractivity contribution in [2.45, 2.75) is 32.5 Å². The Kier molecular flexibility index (Phi) is 6.94. The summed E-state index contributed by atoms with van der Waals surface area (Å²) >= 11 is 0. The van der Waals surface area contributed by atoms with Gasteiger partial charge in [-0.1, -0.05) is 62.4 Å². The molecule has 0 radical (unpaired) electrons. The van der Waals surface area contributed by atoms with Crippen molar-refractivity contribution in [3.63, 3.8) is 0 Å². The molecule has 22 heavy (non-hydrogen) atoms. The Labute approximate surface area is 133 Å². The number of hydrogen-bond acceptors (Lipinski definition) is 3. The summed E-state index contributed by atoms with van der Waals surface area (Å²) in [6, 6.07) is 20.7. The van der Waals surface area contributed by atoms with E-state index in [1.807, 2.05) is 48.5 Å². The van der Waals surface area contributed by atoms with Gasteiger partial charge >= 0.3 is 0 Å². The molecule has 0 saturated heterocycles. The lowest BCUT2D eigenvalue weighted by Gasteiger charge is -2.21. The van der Waals surface area contributed by atoms with Crippen LogP contribution in [0.4, 0.5) is 0 Å². The summed E-state index contributed by atoms with van der Waals surface area (Å²) in [5, 5.41) is 3.49. The molecule has 0 aliphatic carbocycles. The summed E-state index contributed by atoms with van der Waals surface area (Å²) in [5.74, 6) is 0.890. The van der Waals surface area contributed by atoms with E-state index >= 15 is 0 Å². The molecule has 2 rings (SSSR count). The lowest BCUT2D eigenvalue weighted by Crippen LogP contribution is -2.42. The fraction of sp³-hybridized carbons (Fsp3) is 0.368. The van der Waals surface area contributed by atoms with Crippen LogP contribution in [0, 0.1) is 0 Å². The van der Waals surface area contributed by atoms with Gasteiger partial charge in [-0.3, -0.25) is 0 Å². The minimum Gasteiger partial charge on any atom is -0.492 e. The standard InChI is InChI=1S/C19H25NO2/c1-16(2)20-18(15-22-19-11-7-4-8-12-19)14-21-13-17-9-5-3-6-10-17/h3-12,16,18,20H,13-15H2,1-2H3. The molecule has 1 N–H and O–H groups in total. The molecule has 0 fully saturated rings. The molecule has 0 aliphatic rings. The van der Waals surface area contributed by atoms with Crippen molar-refractivity contribution < 1.29 is 9.47 Å². The van der Waals surface area contributed by atoms with Gasteiger partial charge in [0.1, 0.15) is 12.4 Å². The first-order chi connectivity index (χ1) is 10.7. The average Bonchev–Trinajstić information content (AvgIpc) is 2.54. The first kappa shape index (κ1) is 16.5. The normalized spacial score (nSPS) is 12.3. The van der Waals surface area contributed by atoms with E-state index in [1.54, 1.807) is 0 Å². The molecule has 1 unspecified atom stereocenters. The van der Waals surface area contributed by atoms with Crippen LogP contribution >= 0.6 is 0 Å². The first-order valence-electron chi connectivity index (χ1n) is 7.79. The molecular weight excluding hydrogens is 274 g/mol. The van der Waals surface area contributed by atoms with Crippen molar-refractivity contribution in [2.24, 2.45) is 0 Å². The third kappa shape index (κ3) is 6.29. The zero-order valence-electron chi connectivity index (χ0n) is 13.4. The molecule has 0 saturated carbocycles. The number of hydrogen-bond donors (Lipinski definition) is 1. The number of para-hydroxylation sites is 1. The predicted molar refractivity (Wildman–Crippen MR) is 90.1 cm³/mol. The van der Waals surface area contributed by atoms with Gasteiger partial charge < -0.3 is 14.8 Å². The van der Waals surface area contributed by atoms with Gasteiger partial charge in [0, 0.05) is 6.04 Å². The zero-order chi connectivity index (χ0) is 15.6. The quantitative estimate of drug-likeness (QED) is 0.766. The van der Waals surface area contributed by atoms with Crippen molar-refractivity contribution in [1.29, 1.82) is 0 Å². The summed E-state index contributed by atoms with van der Waals surface area (Å²) in [6.07, 6.45) is 0. The van der Waals surface area contributed by atoms with Crippen molar-refractivity contribution in [3.05, 3.63) is 66.2 Å². The van der Waals surface area contributed by atoms with Crippen LogP contribution in [0.15, 0.2) is 60.7 Å². The number of rotatable bonds is 9. The Bertz CT molecular complexity index is 513. The van der Waals surface area contributed by atoms with Crippen LogP contribution in [-0.2, 0) is 11.3 Å². The van der Waals surface area contributed by atoms with Crippen LogP contribution in [-0.4, -0.2) is 25.3 Å². The maximum Gasteiger partial charge on any atom is 0.119 e. The predicted octanol–water partition coefficient (Wildman–Crippen LogP) is 3.65. The van der Waals surface area contributed by atoms with E-state index in [9.17, 15) is 0 Å². The third-order valence-electron chi connectivity index (χ3n) is 3.19. The molecule has 2 aromatic rings. The van der Waals surface area contributed by atoms with Gasteiger partial charge in [-0.25, -0.2) is 0 Å². The minimum atomic E-state index is 0.170. The molecule has 0 heterocycles. The molecule has 0 aromatic heterocycles. The monoisotopic (exact) mass is 299 g/mol. The van der Waals surface area contributed by atoms with E-state index in [2.05, 4.69) is 31.3 Å². The van der Waals surface area contributed by atoms with Crippen molar-refractivity contribution in [1.82, 2.24) is 5.32 Å². The summed E-state index contributed by atoms with van der Waals surface area (Å²) in [5.41, 5.74) is 1.19. The molecule has 0 bridgehead atoms. The minimum absolute atomic E-state index is 0.170. The lowest BCUT2D eigenvalue weighted by molar-refractivity contribution is 0.0797. The second-order valence-corrected chi connectivity index (χ2v) is 5.64. The van der Waals surface area contributed by atoms with E-state index in [0.29, 0.717) is 25.9 Å². The Hall–Kier alpha value is -1.84. The highest BCUT2D eigenvalue weighted by molar-refractivity contribution is 5.21. The zero-order valence-corrected chi connectivity index (χ0v) is 13.4.